The van der Waals surface area contributed by atoms with Crippen molar-refractivity contribution in [3.63, 3.8) is 0 Å². The third kappa shape index (κ3) is 11.7. The molecule has 13 heavy (non-hydrogen) atoms. The zero-order chi connectivity index (χ0) is 9.78. The second kappa shape index (κ2) is 11.7. The third-order valence-corrected chi connectivity index (χ3v) is 2.21. The van der Waals surface area contributed by atoms with Gasteiger partial charge in [-0.15, -0.1) is 0 Å². The Morgan fingerprint density at radius 2 is 1.54 bits per heavy atom. The molecule has 0 unspecified atom stereocenters. The smallest absolute Gasteiger partial charge is 0.0385 e. The zero-order valence-corrected chi connectivity index (χ0v) is 9.39. The molecule has 0 rings (SSSR count). The van der Waals surface area contributed by atoms with Crippen molar-refractivity contribution in [2.45, 2.75) is 65.2 Å². The maximum absolute atomic E-state index is 4.39. The van der Waals surface area contributed by atoms with E-state index in [1.54, 1.807) is 0 Å². The molecular formula is C12H25N. The molecule has 0 amide bonds. The molecule has 0 radical (unpaired) electrons. The number of unbranched alkanes of at least 4 members (excludes halogenated alkanes) is 6. The Morgan fingerprint density at radius 3 is 2.23 bits per heavy atom. The molecule has 0 aromatic rings. The molecule has 0 aliphatic rings. The predicted molar refractivity (Wildman–Crippen MR) is 61.6 cm³/mol. The minimum Gasteiger partial charge on any atom is -0.298 e. The summed E-state index contributed by atoms with van der Waals surface area (Å²) >= 11 is 0. The summed E-state index contributed by atoms with van der Waals surface area (Å²) in [5.74, 6) is 0. The van der Waals surface area contributed by atoms with E-state index in [1.807, 2.05) is 0 Å². The second-order valence-corrected chi connectivity index (χ2v) is 3.65. The first-order valence-electron chi connectivity index (χ1n) is 5.90. The van der Waals surface area contributed by atoms with Crippen LogP contribution < -0.4 is 0 Å². The number of rotatable bonds is 9. The topological polar surface area (TPSA) is 12.4 Å². The zero-order valence-electron chi connectivity index (χ0n) is 9.39. The molecule has 0 saturated heterocycles. The molecule has 0 atom stereocenters. The fraction of sp³-hybridized carbons (Fsp3) is 0.917. The lowest BCUT2D eigenvalue weighted by Gasteiger charge is -1.94. The number of aliphatic imine (C=N–C) groups is 1. The maximum atomic E-state index is 4.39. The third-order valence-electron chi connectivity index (χ3n) is 2.21. The van der Waals surface area contributed by atoms with Gasteiger partial charge in [0.15, 0.2) is 0 Å². The van der Waals surface area contributed by atoms with Gasteiger partial charge < -0.3 is 0 Å². The van der Waals surface area contributed by atoms with Gasteiger partial charge >= 0.3 is 0 Å². The molecule has 78 valence electrons. The second-order valence-electron chi connectivity index (χ2n) is 3.65. The van der Waals surface area contributed by atoms with Crippen LogP contribution in [0.1, 0.15) is 65.2 Å². The fourth-order valence-corrected chi connectivity index (χ4v) is 1.30. The van der Waals surface area contributed by atoms with E-state index in [0.717, 1.165) is 6.54 Å². The molecule has 0 bridgehead atoms. The number of hydrogen-bond donors (Lipinski definition) is 0. The standard InChI is InChI=1S/C12H25N/c1-3-5-7-9-11-13-12-10-8-6-4-2/h11H,3-10,12H2,1-2H3/b13-11+. The summed E-state index contributed by atoms with van der Waals surface area (Å²) in [4.78, 5) is 4.39. The summed E-state index contributed by atoms with van der Waals surface area (Å²) in [7, 11) is 0. The molecule has 0 fully saturated rings. The van der Waals surface area contributed by atoms with Gasteiger partial charge in [-0.05, 0) is 25.5 Å². The Balaban J connectivity index is 2.95. The Hall–Kier alpha value is -0.330. The summed E-state index contributed by atoms with van der Waals surface area (Å²) < 4.78 is 0. The van der Waals surface area contributed by atoms with Crippen LogP contribution in [0.5, 0.6) is 0 Å². The van der Waals surface area contributed by atoms with E-state index in [2.05, 4.69) is 25.1 Å². The normalized spacial score (nSPS) is 11.2. The minimum absolute atomic E-state index is 1.05. The molecule has 0 saturated carbocycles. The molecule has 0 heterocycles. The van der Waals surface area contributed by atoms with E-state index >= 15 is 0 Å². The van der Waals surface area contributed by atoms with Crippen LogP contribution in [0.15, 0.2) is 4.99 Å². The van der Waals surface area contributed by atoms with Crippen molar-refractivity contribution in [1.82, 2.24) is 0 Å². The maximum Gasteiger partial charge on any atom is 0.0385 e. The lowest BCUT2D eigenvalue weighted by molar-refractivity contribution is 0.674. The van der Waals surface area contributed by atoms with E-state index in [1.165, 1.54) is 51.4 Å². The van der Waals surface area contributed by atoms with E-state index in [9.17, 15) is 0 Å². The fourth-order valence-electron chi connectivity index (χ4n) is 1.30. The SMILES string of the molecule is CCCCC/C=N/CCCCCC. The van der Waals surface area contributed by atoms with Gasteiger partial charge in [0, 0.05) is 6.54 Å². The lowest BCUT2D eigenvalue weighted by atomic mass is 10.2. The Labute approximate surface area is 83.6 Å². The summed E-state index contributed by atoms with van der Waals surface area (Å²) in [6, 6.07) is 0. The van der Waals surface area contributed by atoms with Crippen LogP contribution in [-0.2, 0) is 0 Å². The van der Waals surface area contributed by atoms with Crippen molar-refractivity contribution in [2.24, 2.45) is 4.99 Å². The van der Waals surface area contributed by atoms with Gasteiger partial charge in [-0.1, -0.05) is 46.0 Å². The summed E-state index contributed by atoms with van der Waals surface area (Å²) in [5.41, 5.74) is 0. The largest absolute Gasteiger partial charge is 0.298 e. The summed E-state index contributed by atoms with van der Waals surface area (Å²) in [6.07, 6.45) is 12.6. The van der Waals surface area contributed by atoms with Crippen LogP contribution in [-0.4, -0.2) is 12.8 Å². The van der Waals surface area contributed by atoms with Gasteiger partial charge in [-0.2, -0.15) is 0 Å². The Morgan fingerprint density at radius 1 is 0.846 bits per heavy atom. The monoisotopic (exact) mass is 183 g/mol. The van der Waals surface area contributed by atoms with Crippen LogP contribution in [0, 0.1) is 0 Å². The molecular weight excluding hydrogens is 158 g/mol. The highest BCUT2D eigenvalue weighted by atomic mass is 14.7. The molecule has 0 aromatic heterocycles. The van der Waals surface area contributed by atoms with Gasteiger partial charge in [0.2, 0.25) is 0 Å². The minimum atomic E-state index is 1.05. The van der Waals surface area contributed by atoms with Crippen LogP contribution >= 0.6 is 0 Å². The highest BCUT2D eigenvalue weighted by molar-refractivity contribution is 5.56. The van der Waals surface area contributed by atoms with Gasteiger partial charge in [0.25, 0.3) is 0 Å². The van der Waals surface area contributed by atoms with Gasteiger partial charge in [0.1, 0.15) is 0 Å². The molecule has 1 nitrogen and oxygen atoms in total. The predicted octanol–water partition coefficient (Wildman–Crippen LogP) is 4.22. The van der Waals surface area contributed by atoms with Crippen LogP contribution in [0.4, 0.5) is 0 Å². The van der Waals surface area contributed by atoms with E-state index in [4.69, 9.17) is 0 Å². The number of nitrogens with zero attached hydrogens (tertiary/aromatic N) is 1. The first-order valence-corrected chi connectivity index (χ1v) is 5.90. The molecule has 0 aromatic carbocycles. The Kier molecular flexibility index (Phi) is 11.4. The van der Waals surface area contributed by atoms with E-state index < -0.39 is 0 Å². The van der Waals surface area contributed by atoms with Crippen molar-refractivity contribution in [3.05, 3.63) is 0 Å². The average Bonchev–Trinajstić information content (AvgIpc) is 2.16. The highest BCUT2D eigenvalue weighted by Gasteiger charge is 1.85. The van der Waals surface area contributed by atoms with Gasteiger partial charge in [-0.25, -0.2) is 0 Å². The van der Waals surface area contributed by atoms with Gasteiger partial charge in [0.05, 0.1) is 0 Å². The summed E-state index contributed by atoms with van der Waals surface area (Å²) in [5, 5.41) is 0. The van der Waals surface area contributed by atoms with Crippen LogP contribution in [0.3, 0.4) is 0 Å². The first-order chi connectivity index (χ1) is 6.41. The van der Waals surface area contributed by atoms with E-state index in [0.29, 0.717) is 0 Å². The summed E-state index contributed by atoms with van der Waals surface area (Å²) in [6.45, 7) is 5.53. The van der Waals surface area contributed by atoms with Crippen molar-refractivity contribution in [3.8, 4) is 0 Å². The van der Waals surface area contributed by atoms with E-state index in [-0.39, 0.29) is 0 Å². The average molecular weight is 183 g/mol. The van der Waals surface area contributed by atoms with Crippen molar-refractivity contribution >= 4 is 6.21 Å². The van der Waals surface area contributed by atoms with Crippen molar-refractivity contribution in [2.75, 3.05) is 6.54 Å². The molecule has 0 spiro atoms. The van der Waals surface area contributed by atoms with Crippen molar-refractivity contribution < 1.29 is 0 Å². The molecule has 0 aliphatic heterocycles. The van der Waals surface area contributed by atoms with Crippen LogP contribution in [0.2, 0.25) is 0 Å². The van der Waals surface area contributed by atoms with Gasteiger partial charge in [-0.3, -0.25) is 4.99 Å². The Bertz CT molecular complexity index is 108. The quantitative estimate of drug-likeness (QED) is 0.375. The van der Waals surface area contributed by atoms with Crippen LogP contribution in [0.25, 0.3) is 0 Å². The number of hydrogen-bond acceptors (Lipinski definition) is 1. The lowest BCUT2D eigenvalue weighted by Crippen LogP contribution is -1.84. The molecule has 0 aliphatic carbocycles. The highest BCUT2D eigenvalue weighted by Crippen LogP contribution is 1.99. The molecule has 1 heteroatoms. The van der Waals surface area contributed by atoms with Crippen molar-refractivity contribution in [1.29, 1.82) is 0 Å². The molecule has 0 N–H and O–H groups in total. The first kappa shape index (κ1) is 12.7.